The van der Waals surface area contributed by atoms with Crippen molar-refractivity contribution in [2.45, 2.75) is 5.51 Å². The molecule has 1 rings (SSSR count). The van der Waals surface area contributed by atoms with Crippen molar-refractivity contribution in [1.29, 1.82) is 0 Å². The minimum atomic E-state index is -5.67. The molecule has 16 heavy (non-hydrogen) atoms. The third-order valence-corrected chi connectivity index (χ3v) is 2.28. The first-order chi connectivity index (χ1) is 7.33. The van der Waals surface area contributed by atoms with Gasteiger partial charge in [-0.2, -0.15) is 21.6 Å². The molecule has 0 fully saturated rings. The van der Waals surface area contributed by atoms with Gasteiger partial charge in [0, 0.05) is 0 Å². The SMILES string of the molecule is O=S(=O)(O/N=C/c1ccccc1)C(F)(F)F. The average molecular weight is 253 g/mol. The third kappa shape index (κ3) is 3.23. The highest BCUT2D eigenvalue weighted by molar-refractivity contribution is 7.87. The van der Waals surface area contributed by atoms with Crippen LogP contribution in [0.2, 0.25) is 0 Å². The van der Waals surface area contributed by atoms with Crippen LogP contribution in [0.15, 0.2) is 35.5 Å². The van der Waals surface area contributed by atoms with Crippen molar-refractivity contribution in [3.8, 4) is 0 Å². The van der Waals surface area contributed by atoms with E-state index in [9.17, 15) is 21.6 Å². The Morgan fingerprint density at radius 2 is 1.75 bits per heavy atom. The van der Waals surface area contributed by atoms with Gasteiger partial charge >= 0.3 is 15.6 Å². The summed E-state index contributed by atoms with van der Waals surface area (Å²) in [5, 5.41) is 2.75. The average Bonchev–Trinajstić information content (AvgIpc) is 2.17. The minimum Gasteiger partial charge on any atom is -0.262 e. The smallest absolute Gasteiger partial charge is 0.262 e. The summed E-state index contributed by atoms with van der Waals surface area (Å²) in [5.41, 5.74) is -5.05. The molecular formula is C8H6F3NO3S. The fourth-order valence-corrected chi connectivity index (χ4v) is 0.961. The van der Waals surface area contributed by atoms with Gasteiger partial charge < -0.3 is 0 Å². The molecule has 0 radical (unpaired) electrons. The molecule has 0 bridgehead atoms. The molecule has 4 nitrogen and oxygen atoms in total. The molecule has 88 valence electrons. The van der Waals surface area contributed by atoms with Crippen LogP contribution in [0.5, 0.6) is 0 Å². The molecule has 0 unspecified atom stereocenters. The Balaban J connectivity index is 2.70. The zero-order valence-electron chi connectivity index (χ0n) is 7.68. The first-order valence-electron chi connectivity index (χ1n) is 3.91. The zero-order valence-corrected chi connectivity index (χ0v) is 8.49. The fourth-order valence-electron chi connectivity index (χ4n) is 0.720. The van der Waals surface area contributed by atoms with Crippen LogP contribution in [0.4, 0.5) is 13.2 Å². The normalized spacial score (nSPS) is 12.9. The maximum atomic E-state index is 11.8. The van der Waals surface area contributed by atoms with Crippen molar-refractivity contribution in [3.63, 3.8) is 0 Å². The fraction of sp³-hybridized carbons (Fsp3) is 0.125. The number of oxime groups is 1. The lowest BCUT2D eigenvalue weighted by Gasteiger charge is -2.03. The van der Waals surface area contributed by atoms with Crippen molar-refractivity contribution in [1.82, 2.24) is 0 Å². The van der Waals surface area contributed by atoms with E-state index in [-0.39, 0.29) is 0 Å². The lowest BCUT2D eigenvalue weighted by molar-refractivity contribution is -0.0540. The predicted molar refractivity (Wildman–Crippen MR) is 50.1 cm³/mol. The molecule has 0 aliphatic rings. The highest BCUT2D eigenvalue weighted by Crippen LogP contribution is 2.24. The van der Waals surface area contributed by atoms with E-state index in [0.29, 0.717) is 5.56 Å². The standard InChI is InChI=1S/C8H6F3NO3S/c9-8(10,11)16(13,14)15-12-6-7-4-2-1-3-5-7/h1-6H/b12-6+. The van der Waals surface area contributed by atoms with E-state index in [1.54, 1.807) is 18.2 Å². The maximum Gasteiger partial charge on any atom is 0.536 e. The Labute approximate surface area is 89.5 Å². The van der Waals surface area contributed by atoms with Crippen LogP contribution in [0, 0.1) is 0 Å². The first kappa shape index (κ1) is 12.5. The van der Waals surface area contributed by atoms with Crippen molar-refractivity contribution in [3.05, 3.63) is 35.9 Å². The third-order valence-electron chi connectivity index (χ3n) is 1.43. The highest BCUT2D eigenvalue weighted by atomic mass is 32.2. The molecule has 0 N–H and O–H groups in total. The molecule has 8 heteroatoms. The number of hydrogen-bond acceptors (Lipinski definition) is 4. The molecule has 0 aromatic heterocycles. The van der Waals surface area contributed by atoms with Gasteiger partial charge in [0.05, 0.1) is 6.21 Å². The van der Waals surface area contributed by atoms with Gasteiger partial charge in [-0.1, -0.05) is 35.5 Å². The van der Waals surface area contributed by atoms with Crippen LogP contribution in [0.25, 0.3) is 0 Å². The van der Waals surface area contributed by atoms with Gasteiger partial charge in [-0.3, -0.25) is 4.28 Å². The summed E-state index contributed by atoms with van der Waals surface area (Å²) >= 11 is 0. The van der Waals surface area contributed by atoms with E-state index in [1.165, 1.54) is 12.1 Å². The second kappa shape index (κ2) is 4.52. The first-order valence-corrected chi connectivity index (χ1v) is 5.32. The summed E-state index contributed by atoms with van der Waals surface area (Å²) in [6, 6.07) is 7.95. The number of halogens is 3. The topological polar surface area (TPSA) is 55.7 Å². The van der Waals surface area contributed by atoms with Crippen LogP contribution < -0.4 is 0 Å². The van der Waals surface area contributed by atoms with Crippen molar-refractivity contribution < 1.29 is 25.9 Å². The van der Waals surface area contributed by atoms with Gasteiger partial charge in [-0.05, 0) is 5.56 Å². The highest BCUT2D eigenvalue weighted by Gasteiger charge is 2.48. The summed E-state index contributed by atoms with van der Waals surface area (Å²) < 4.78 is 59.5. The molecule has 0 saturated heterocycles. The van der Waals surface area contributed by atoms with Crippen LogP contribution in [0.1, 0.15) is 5.56 Å². The van der Waals surface area contributed by atoms with E-state index in [2.05, 4.69) is 9.44 Å². The van der Waals surface area contributed by atoms with Gasteiger partial charge in [-0.15, -0.1) is 0 Å². The van der Waals surface area contributed by atoms with Gasteiger partial charge in [0.15, 0.2) is 0 Å². The molecular weight excluding hydrogens is 247 g/mol. The number of alkyl halides is 3. The lowest BCUT2D eigenvalue weighted by atomic mass is 10.2. The monoisotopic (exact) mass is 253 g/mol. The molecule has 1 aromatic rings. The second-order valence-electron chi connectivity index (χ2n) is 2.62. The molecule has 0 aliphatic heterocycles. The van der Waals surface area contributed by atoms with Gasteiger partial charge in [0.1, 0.15) is 0 Å². The zero-order chi connectivity index (χ0) is 12.2. The lowest BCUT2D eigenvalue weighted by Crippen LogP contribution is -2.23. The Morgan fingerprint density at radius 1 is 1.19 bits per heavy atom. The summed E-state index contributed by atoms with van der Waals surface area (Å²) in [6.45, 7) is 0. The summed E-state index contributed by atoms with van der Waals surface area (Å²) in [6.07, 6.45) is 0.864. The second-order valence-corrected chi connectivity index (χ2v) is 4.14. The van der Waals surface area contributed by atoms with Crippen LogP contribution in [0.3, 0.4) is 0 Å². The number of benzene rings is 1. The van der Waals surface area contributed by atoms with Crippen molar-refractivity contribution in [2.75, 3.05) is 0 Å². The molecule has 0 spiro atoms. The van der Waals surface area contributed by atoms with Crippen molar-refractivity contribution in [2.24, 2.45) is 5.16 Å². The summed E-state index contributed by atoms with van der Waals surface area (Å²) in [7, 11) is -5.67. The van der Waals surface area contributed by atoms with Gasteiger partial charge in [-0.25, -0.2) is 0 Å². The van der Waals surface area contributed by atoms with Gasteiger partial charge in [0.2, 0.25) is 0 Å². The minimum absolute atomic E-state index is 0.417. The summed E-state index contributed by atoms with van der Waals surface area (Å²) in [4.78, 5) is 0. The Bertz CT molecular complexity index is 467. The number of hydrogen-bond donors (Lipinski definition) is 0. The van der Waals surface area contributed by atoms with Crippen molar-refractivity contribution >= 4 is 16.3 Å². The molecule has 1 aromatic carbocycles. The van der Waals surface area contributed by atoms with Crippen LogP contribution in [-0.4, -0.2) is 20.1 Å². The van der Waals surface area contributed by atoms with E-state index in [4.69, 9.17) is 0 Å². The van der Waals surface area contributed by atoms with E-state index in [1.807, 2.05) is 0 Å². The molecule has 0 saturated carbocycles. The Kier molecular flexibility index (Phi) is 3.53. The predicted octanol–water partition coefficient (Wildman–Crippen LogP) is 1.89. The maximum absolute atomic E-state index is 11.8. The Morgan fingerprint density at radius 3 is 2.25 bits per heavy atom. The number of nitrogens with zero attached hydrogens (tertiary/aromatic N) is 1. The number of rotatable bonds is 3. The largest absolute Gasteiger partial charge is 0.536 e. The molecule has 0 aliphatic carbocycles. The quantitative estimate of drug-likeness (QED) is 0.469. The van der Waals surface area contributed by atoms with Crippen LogP contribution in [-0.2, 0) is 14.4 Å². The molecule has 0 heterocycles. The van der Waals surface area contributed by atoms with Crippen LogP contribution >= 0.6 is 0 Å². The van der Waals surface area contributed by atoms with E-state index >= 15 is 0 Å². The van der Waals surface area contributed by atoms with E-state index in [0.717, 1.165) is 6.21 Å². The molecule has 0 amide bonds. The summed E-state index contributed by atoms with van der Waals surface area (Å²) in [5.74, 6) is 0. The van der Waals surface area contributed by atoms with Gasteiger partial charge in [0.25, 0.3) is 0 Å². The van der Waals surface area contributed by atoms with E-state index < -0.39 is 15.6 Å². The Hall–Kier alpha value is -1.57. The molecule has 0 atom stereocenters.